The average molecular weight is 1120 g/mol. The van der Waals surface area contributed by atoms with E-state index in [1.54, 1.807) is 47.4 Å². The van der Waals surface area contributed by atoms with Crippen LogP contribution < -0.4 is 5.32 Å². The minimum Gasteiger partial charge on any atom is -0.459 e. The first-order valence-electron chi connectivity index (χ1n) is 26.1. The number of urea groups is 1. The lowest BCUT2D eigenvalue weighted by Crippen LogP contribution is -2.63. The molecule has 4 aliphatic carbocycles. The van der Waals surface area contributed by atoms with Gasteiger partial charge in [-0.25, -0.2) is 4.79 Å². The van der Waals surface area contributed by atoms with Crippen molar-refractivity contribution >= 4 is 11.9 Å². The van der Waals surface area contributed by atoms with E-state index in [1.807, 2.05) is 11.8 Å². The number of piperazine rings is 1. The van der Waals surface area contributed by atoms with Gasteiger partial charge in [0, 0.05) is 221 Å². The molecule has 5 aliphatic rings. The molecule has 1 N–H and O–H groups in total. The standard InChI is InChI=1S/C56H13N.C20H27N3O3.C5H4/c1-5-7-45-49-56(55(4)52-51-54(3)48-6-2)50-46-43-41-39-37-35-33-31-29-27-25-23-21-19-17-15-13-11-9-8-10-12-14-16-18-20-22-24-26-28-30-32-34-36-38-40-42-44-47-53-57;24-18(17-2-1-7-26-17)22-3-5-23(6-4-22)19(25)21-20-11-14-8-15(12-20)10-16(9-14)13-20;1-3-5-4-2/h6-7,45,48H,1-2,4H2,3H3;1-2,7,14-16H,3-6,8-13H2,(H,21,25);1-2H2/b54-48+;;. The molecule has 406 valence electrons. The zero-order valence-electron chi connectivity index (χ0n) is 47.9. The van der Waals surface area contributed by atoms with Gasteiger partial charge in [0.15, 0.2) is 11.8 Å². The maximum atomic E-state index is 12.9. The molecule has 2 heterocycles. The van der Waals surface area contributed by atoms with Crippen LogP contribution in [0.25, 0.3) is 0 Å². The van der Waals surface area contributed by atoms with Crippen molar-refractivity contribution in [2.24, 2.45) is 17.8 Å². The van der Waals surface area contributed by atoms with Gasteiger partial charge < -0.3 is 19.5 Å². The summed E-state index contributed by atoms with van der Waals surface area (Å²) in [4.78, 5) is 28.9. The van der Waals surface area contributed by atoms with E-state index < -0.39 is 0 Å². The summed E-state index contributed by atoms with van der Waals surface area (Å²) in [5.41, 5.74) is 14.5. The first-order valence-corrected chi connectivity index (χ1v) is 26.1. The minimum atomic E-state index is -0.0869. The molecular weight excluding hydrogens is 1080 g/mol. The maximum absolute atomic E-state index is 12.9. The molecule has 3 amide bonds. The molecule has 88 heavy (non-hydrogen) atoms. The second kappa shape index (κ2) is 44.4. The third-order valence-corrected chi connectivity index (χ3v) is 11.3. The van der Waals surface area contributed by atoms with Gasteiger partial charge in [-0.1, -0.05) is 55.2 Å². The van der Waals surface area contributed by atoms with Crippen LogP contribution in [0.5, 0.6) is 0 Å². The average Bonchev–Trinajstić information content (AvgIpc) is 1.89. The zero-order chi connectivity index (χ0) is 63.2. The summed E-state index contributed by atoms with van der Waals surface area (Å²) in [7, 11) is 0. The van der Waals surface area contributed by atoms with Gasteiger partial charge in [0.1, 0.15) is 0 Å². The molecule has 0 unspecified atom stereocenters. The lowest BCUT2D eigenvalue weighted by Gasteiger charge is -2.57. The van der Waals surface area contributed by atoms with Gasteiger partial charge in [-0.2, -0.15) is 5.26 Å². The first kappa shape index (κ1) is 67.9. The van der Waals surface area contributed by atoms with Gasteiger partial charge in [-0.05, 0) is 165 Å². The lowest BCUT2D eigenvalue weighted by atomic mass is 9.53. The van der Waals surface area contributed by atoms with Crippen LogP contribution >= 0.6 is 0 Å². The molecule has 0 aromatic carbocycles. The predicted molar refractivity (Wildman–Crippen MR) is 345 cm³/mol. The van der Waals surface area contributed by atoms with Crippen molar-refractivity contribution in [1.29, 1.82) is 5.26 Å². The van der Waals surface area contributed by atoms with Crippen molar-refractivity contribution < 1.29 is 14.0 Å². The van der Waals surface area contributed by atoms with Gasteiger partial charge >= 0.3 is 6.03 Å². The van der Waals surface area contributed by atoms with Gasteiger partial charge in [0.2, 0.25) is 0 Å². The highest BCUT2D eigenvalue weighted by molar-refractivity contribution is 5.91. The molecule has 4 bridgehead atoms. The fourth-order valence-electron chi connectivity index (χ4n) is 8.42. The van der Waals surface area contributed by atoms with Crippen molar-refractivity contribution in [3.8, 4) is 255 Å². The summed E-state index contributed by atoms with van der Waals surface area (Å²) in [5, 5.41) is 11.6. The molecule has 4 saturated carbocycles. The number of carbonyl (C=O) groups is 2. The Morgan fingerprint density at radius 1 is 0.545 bits per heavy atom. The van der Waals surface area contributed by atoms with Gasteiger partial charge in [0.25, 0.3) is 5.91 Å². The summed E-state index contributed by atoms with van der Waals surface area (Å²) in [6, 6.07) is 5.11. The van der Waals surface area contributed by atoms with Gasteiger partial charge in [-0.15, -0.1) is 11.5 Å². The largest absolute Gasteiger partial charge is 0.459 e. The molecule has 1 aromatic heterocycles. The maximum Gasteiger partial charge on any atom is 0.317 e. The first-order chi connectivity index (χ1) is 43.2. The van der Waals surface area contributed by atoms with Crippen molar-refractivity contribution in [1.82, 2.24) is 15.1 Å². The van der Waals surface area contributed by atoms with Crippen LogP contribution in [0, 0.1) is 278 Å². The van der Waals surface area contributed by atoms with Gasteiger partial charge in [-0.3, -0.25) is 4.79 Å². The molecule has 0 radical (unpaired) electrons. The number of carbonyl (C=O) groups excluding carboxylic acids is 2. The Balaban J connectivity index is 0.000000526. The lowest BCUT2D eigenvalue weighted by molar-refractivity contribution is -0.0164. The smallest absolute Gasteiger partial charge is 0.317 e. The second-order valence-electron chi connectivity index (χ2n) is 17.3. The molecule has 1 aliphatic heterocycles. The molecular formula is C81H44N4O3. The van der Waals surface area contributed by atoms with Crippen molar-refractivity contribution in [2.75, 3.05) is 26.2 Å². The van der Waals surface area contributed by atoms with Crippen LogP contribution in [-0.2, 0) is 0 Å². The monoisotopic (exact) mass is 1120 g/mol. The van der Waals surface area contributed by atoms with E-state index in [-0.39, 0.29) is 17.5 Å². The number of hydrogen-bond donors (Lipinski definition) is 1. The summed E-state index contributed by atoms with van der Waals surface area (Å²) in [5.74, 6) is 108. The molecule has 7 heteroatoms. The summed E-state index contributed by atoms with van der Waals surface area (Å²) >= 11 is 0. The fourth-order valence-corrected chi connectivity index (χ4v) is 8.42. The fraction of sp³-hybridized carbons (Fsp3) is 0.185. The molecule has 1 saturated heterocycles. The highest BCUT2D eigenvalue weighted by Crippen LogP contribution is 2.55. The Morgan fingerprint density at radius 2 is 0.920 bits per heavy atom. The van der Waals surface area contributed by atoms with E-state index in [0.717, 1.165) is 23.3 Å². The number of hydrogen-bond acceptors (Lipinski definition) is 4. The van der Waals surface area contributed by atoms with E-state index in [4.69, 9.17) is 9.68 Å². The zero-order valence-corrected chi connectivity index (χ0v) is 47.9. The molecule has 5 fully saturated rings. The number of amides is 3. The Bertz CT molecular complexity index is 4690. The van der Waals surface area contributed by atoms with Crippen LogP contribution in [-0.4, -0.2) is 53.5 Å². The van der Waals surface area contributed by atoms with Crippen LogP contribution in [0.4, 0.5) is 4.79 Å². The minimum absolute atomic E-state index is 0.0486. The normalized spacial score (nSPS) is 14.1. The van der Waals surface area contributed by atoms with Crippen LogP contribution in [0.3, 0.4) is 0 Å². The molecule has 6 rings (SSSR count). The Morgan fingerprint density at radius 3 is 1.25 bits per heavy atom. The number of rotatable bonds is 5. The third-order valence-electron chi connectivity index (χ3n) is 11.3. The van der Waals surface area contributed by atoms with E-state index in [1.165, 1.54) is 44.8 Å². The second-order valence-corrected chi connectivity index (χ2v) is 17.3. The van der Waals surface area contributed by atoms with Crippen molar-refractivity contribution in [3.63, 3.8) is 0 Å². The molecule has 0 atom stereocenters. The highest BCUT2D eigenvalue weighted by Gasteiger charge is 2.52. The molecule has 0 spiro atoms. The van der Waals surface area contributed by atoms with E-state index in [9.17, 15) is 9.59 Å². The number of nitrogens with one attached hydrogen (secondary N) is 1. The number of nitrogens with zero attached hydrogens (tertiary/aromatic N) is 3. The Kier molecular flexibility index (Phi) is 34.2. The summed E-state index contributed by atoms with van der Waals surface area (Å²) in [6.45, 7) is 21.7. The third kappa shape index (κ3) is 30.8. The predicted octanol–water partition coefficient (Wildman–Crippen LogP) is 7.68. The van der Waals surface area contributed by atoms with E-state index in [0.29, 0.717) is 43.1 Å². The van der Waals surface area contributed by atoms with Crippen molar-refractivity contribution in [3.05, 3.63) is 127 Å². The highest BCUT2D eigenvalue weighted by atomic mass is 16.3. The van der Waals surface area contributed by atoms with Crippen LogP contribution in [0.15, 0.2) is 125 Å². The number of furan rings is 1. The van der Waals surface area contributed by atoms with E-state index in [2.05, 4.69) is 316 Å². The molecule has 1 aromatic rings. The van der Waals surface area contributed by atoms with Crippen LogP contribution in [0.2, 0.25) is 0 Å². The van der Waals surface area contributed by atoms with Crippen molar-refractivity contribution in [2.45, 2.75) is 51.0 Å². The molecule has 7 nitrogen and oxygen atoms in total. The SMILES string of the molecule is C=C=C=C=C.C=C=CC=C=C(C#CC#CC#CC#CC#CC#CC#CC#CC#CC#CC#CC#CC#CC#CC#CC#CC#CC#CC#CC#CC#N)C(=C)C#C/C(C)=C/C=C.O=C(NC12CC3CC(CC(C3)C1)C2)N1CCN(C(=O)c2ccco2)CC1. The van der Waals surface area contributed by atoms with Crippen LogP contribution in [0.1, 0.15) is 56.0 Å². The van der Waals surface area contributed by atoms with Gasteiger partial charge in [0.05, 0.1) is 11.8 Å². The van der Waals surface area contributed by atoms with E-state index >= 15 is 0 Å². The number of nitriles is 1. The number of allylic oxidation sites excluding steroid dienone is 6. The summed E-state index contributed by atoms with van der Waals surface area (Å²) in [6.07, 6.45) is 15.8. The summed E-state index contributed by atoms with van der Waals surface area (Å²) < 4.78 is 5.20. The quantitative estimate of drug-likeness (QED) is 0.186. The topological polar surface area (TPSA) is 89.6 Å². The Labute approximate surface area is 519 Å². The Hall–Kier alpha value is -14.4.